The van der Waals surface area contributed by atoms with Crippen molar-refractivity contribution in [3.63, 3.8) is 0 Å². The molecule has 1 aliphatic heterocycles. The molecule has 0 N–H and O–H groups in total. The van der Waals surface area contributed by atoms with E-state index < -0.39 is 0 Å². The van der Waals surface area contributed by atoms with E-state index in [9.17, 15) is 4.79 Å². The average molecular weight is 245 g/mol. The molecule has 1 saturated carbocycles. The minimum Gasteiger partial charge on any atom is -0.486 e. The predicted octanol–water partition coefficient (Wildman–Crippen LogP) is 2.35. The van der Waals surface area contributed by atoms with Crippen LogP contribution in [0.15, 0.2) is 17.1 Å². The average Bonchev–Trinajstić information content (AvgIpc) is 3.18. The van der Waals surface area contributed by atoms with Gasteiger partial charge in [-0.2, -0.15) is 4.99 Å². The second kappa shape index (κ2) is 4.14. The lowest BCUT2D eigenvalue weighted by Gasteiger charge is -2.24. The Kier molecular flexibility index (Phi) is 2.60. The Morgan fingerprint density at radius 1 is 1.33 bits per heavy atom. The molecule has 3 rings (SSSR count). The third kappa shape index (κ3) is 1.61. The Bertz CT molecular complexity index is 528. The van der Waals surface area contributed by atoms with Gasteiger partial charge in [0.25, 0.3) is 0 Å². The number of benzene rings is 1. The van der Waals surface area contributed by atoms with Crippen molar-refractivity contribution in [2.45, 2.75) is 31.7 Å². The quantitative estimate of drug-likeness (QED) is 0.606. The Morgan fingerprint density at radius 3 is 2.78 bits per heavy atom. The van der Waals surface area contributed by atoms with Crippen molar-refractivity contribution in [1.82, 2.24) is 0 Å². The molecule has 1 heterocycles. The van der Waals surface area contributed by atoms with Gasteiger partial charge in [0, 0.05) is 5.56 Å². The Balaban J connectivity index is 2.13. The Morgan fingerprint density at radius 2 is 2.11 bits per heavy atom. The molecule has 0 atom stereocenters. The van der Waals surface area contributed by atoms with Gasteiger partial charge in [-0.1, -0.05) is 13.0 Å². The van der Waals surface area contributed by atoms with E-state index in [2.05, 4.69) is 11.9 Å². The van der Waals surface area contributed by atoms with Crippen LogP contribution in [0.3, 0.4) is 0 Å². The second-order valence-corrected chi connectivity index (χ2v) is 4.70. The van der Waals surface area contributed by atoms with Crippen molar-refractivity contribution in [3.8, 4) is 11.5 Å². The number of carbonyl (C=O) groups excluding carboxylic acids is 1. The maximum Gasteiger partial charge on any atom is 0.235 e. The fraction of sp³-hybridized carbons (Fsp3) is 0.500. The zero-order valence-electron chi connectivity index (χ0n) is 10.4. The number of rotatable bonds is 3. The molecule has 1 aliphatic carbocycles. The summed E-state index contributed by atoms with van der Waals surface area (Å²) >= 11 is 0. The standard InChI is InChI=1S/C14H15NO3/c1-2-10-11(14(5-6-14)15-9-16)3-4-12-13(10)18-8-7-17-12/h3-4H,2,5-8H2,1H3. The molecule has 0 spiro atoms. The highest BCUT2D eigenvalue weighted by Crippen LogP contribution is 2.53. The maximum atomic E-state index is 10.6. The zero-order valence-corrected chi connectivity index (χ0v) is 10.4. The smallest absolute Gasteiger partial charge is 0.235 e. The van der Waals surface area contributed by atoms with Crippen LogP contribution in [0.2, 0.25) is 0 Å². The van der Waals surface area contributed by atoms with Crippen molar-refractivity contribution in [2.75, 3.05) is 13.2 Å². The minimum absolute atomic E-state index is 0.344. The number of hydrogen-bond acceptors (Lipinski definition) is 4. The van der Waals surface area contributed by atoms with E-state index in [0.717, 1.165) is 41.9 Å². The topological polar surface area (TPSA) is 47.9 Å². The summed E-state index contributed by atoms with van der Waals surface area (Å²) in [6.07, 6.45) is 4.37. The number of nitrogens with zero attached hydrogens (tertiary/aromatic N) is 1. The molecular formula is C14H15NO3. The lowest BCUT2D eigenvalue weighted by molar-refractivity contribution is 0.169. The molecule has 0 unspecified atom stereocenters. The van der Waals surface area contributed by atoms with Crippen LogP contribution < -0.4 is 9.47 Å². The van der Waals surface area contributed by atoms with Gasteiger partial charge < -0.3 is 9.47 Å². The van der Waals surface area contributed by atoms with Crippen molar-refractivity contribution < 1.29 is 14.3 Å². The molecular weight excluding hydrogens is 230 g/mol. The first-order chi connectivity index (χ1) is 8.80. The third-order valence-electron chi connectivity index (χ3n) is 3.65. The van der Waals surface area contributed by atoms with Crippen LogP contribution in [0, 0.1) is 0 Å². The maximum absolute atomic E-state index is 10.6. The van der Waals surface area contributed by atoms with Gasteiger partial charge in [0.2, 0.25) is 6.08 Å². The summed E-state index contributed by atoms with van der Waals surface area (Å²) in [5, 5.41) is 0. The van der Waals surface area contributed by atoms with Crippen LogP contribution in [0.4, 0.5) is 0 Å². The van der Waals surface area contributed by atoms with Crippen molar-refractivity contribution in [3.05, 3.63) is 23.3 Å². The molecule has 0 radical (unpaired) electrons. The first-order valence-electron chi connectivity index (χ1n) is 6.32. The van der Waals surface area contributed by atoms with E-state index in [1.165, 1.54) is 0 Å². The summed E-state index contributed by atoms with van der Waals surface area (Å²) in [6, 6.07) is 3.93. The lowest BCUT2D eigenvalue weighted by atomic mass is 9.95. The van der Waals surface area contributed by atoms with Crippen LogP contribution >= 0.6 is 0 Å². The number of hydrogen-bond donors (Lipinski definition) is 0. The SMILES string of the molecule is CCc1c(C2(N=C=O)CC2)ccc2c1OCCO2. The summed E-state index contributed by atoms with van der Waals surface area (Å²) in [6.45, 7) is 3.25. The van der Waals surface area contributed by atoms with Crippen LogP contribution in [0.5, 0.6) is 11.5 Å². The molecule has 1 aromatic rings. The molecule has 2 aliphatic rings. The summed E-state index contributed by atoms with van der Waals surface area (Å²) in [7, 11) is 0. The number of ether oxygens (including phenoxy) is 2. The summed E-state index contributed by atoms with van der Waals surface area (Å²) in [5.41, 5.74) is 1.87. The second-order valence-electron chi connectivity index (χ2n) is 4.70. The molecule has 94 valence electrons. The van der Waals surface area contributed by atoms with E-state index >= 15 is 0 Å². The summed E-state index contributed by atoms with van der Waals surface area (Å²) < 4.78 is 11.3. The fourth-order valence-corrected chi connectivity index (χ4v) is 2.61. The van der Waals surface area contributed by atoms with Crippen LogP contribution in [-0.4, -0.2) is 19.3 Å². The molecule has 4 nitrogen and oxygen atoms in total. The number of aliphatic imine (C=N–C) groups is 1. The van der Waals surface area contributed by atoms with Crippen molar-refractivity contribution >= 4 is 6.08 Å². The first-order valence-corrected chi connectivity index (χ1v) is 6.32. The van der Waals surface area contributed by atoms with Crippen molar-refractivity contribution in [2.24, 2.45) is 4.99 Å². The van der Waals surface area contributed by atoms with E-state index in [-0.39, 0.29) is 5.54 Å². The van der Waals surface area contributed by atoms with E-state index in [1.54, 1.807) is 6.08 Å². The third-order valence-corrected chi connectivity index (χ3v) is 3.65. The van der Waals surface area contributed by atoms with Crippen LogP contribution in [0.1, 0.15) is 30.9 Å². The molecule has 0 bridgehead atoms. The first kappa shape index (κ1) is 11.3. The fourth-order valence-electron chi connectivity index (χ4n) is 2.61. The lowest BCUT2D eigenvalue weighted by Crippen LogP contribution is -2.18. The highest BCUT2D eigenvalue weighted by Gasteiger charge is 2.46. The van der Waals surface area contributed by atoms with Gasteiger partial charge >= 0.3 is 0 Å². The molecule has 0 amide bonds. The van der Waals surface area contributed by atoms with E-state index in [0.29, 0.717) is 13.2 Å². The Labute approximate surface area is 106 Å². The molecule has 0 saturated heterocycles. The van der Waals surface area contributed by atoms with Gasteiger partial charge in [-0.3, -0.25) is 0 Å². The zero-order chi connectivity index (χ0) is 12.6. The normalized spacial score (nSPS) is 18.9. The van der Waals surface area contributed by atoms with Gasteiger partial charge in [-0.25, -0.2) is 4.79 Å². The summed E-state index contributed by atoms with van der Waals surface area (Å²) in [4.78, 5) is 14.6. The van der Waals surface area contributed by atoms with Gasteiger partial charge in [0.1, 0.15) is 13.2 Å². The monoisotopic (exact) mass is 245 g/mol. The highest BCUT2D eigenvalue weighted by atomic mass is 16.6. The largest absolute Gasteiger partial charge is 0.486 e. The minimum atomic E-state index is -0.344. The predicted molar refractivity (Wildman–Crippen MR) is 65.8 cm³/mol. The van der Waals surface area contributed by atoms with Gasteiger partial charge in [-0.15, -0.1) is 0 Å². The molecule has 1 fully saturated rings. The molecule has 4 heteroatoms. The molecule has 18 heavy (non-hydrogen) atoms. The van der Waals surface area contributed by atoms with Gasteiger partial charge in [0.15, 0.2) is 11.5 Å². The Hall–Kier alpha value is -1.80. The number of fused-ring (bicyclic) bond motifs is 1. The van der Waals surface area contributed by atoms with Crippen LogP contribution in [-0.2, 0) is 16.8 Å². The van der Waals surface area contributed by atoms with Gasteiger partial charge in [0.05, 0.1) is 5.54 Å². The highest BCUT2D eigenvalue weighted by molar-refractivity contribution is 5.56. The summed E-state index contributed by atoms with van der Waals surface area (Å²) in [5.74, 6) is 1.63. The van der Waals surface area contributed by atoms with E-state index in [4.69, 9.17) is 9.47 Å². The van der Waals surface area contributed by atoms with E-state index in [1.807, 2.05) is 12.1 Å². The van der Waals surface area contributed by atoms with Crippen LogP contribution in [0.25, 0.3) is 0 Å². The molecule has 0 aromatic heterocycles. The number of isocyanates is 1. The van der Waals surface area contributed by atoms with Crippen molar-refractivity contribution in [1.29, 1.82) is 0 Å². The molecule has 1 aromatic carbocycles. The van der Waals surface area contributed by atoms with Gasteiger partial charge in [-0.05, 0) is 30.9 Å².